The average Bonchev–Trinajstić information content (AvgIpc) is 2.43. The third kappa shape index (κ3) is 4.82. The predicted octanol–water partition coefficient (Wildman–Crippen LogP) is 3.89. The van der Waals surface area contributed by atoms with Crippen molar-refractivity contribution in [1.82, 2.24) is 5.32 Å². The zero-order valence-corrected chi connectivity index (χ0v) is 14.2. The standard InChI is InChI=1S/C19H31NO/c1-15(2)13-20-14-19(7-9-21-10-8-19)12-18-6-5-16(3)17(4)11-18/h5-6,11,15,20H,7-10,12-14H2,1-4H3. The Morgan fingerprint density at radius 2 is 1.86 bits per heavy atom. The van der Waals surface area contributed by atoms with E-state index >= 15 is 0 Å². The summed E-state index contributed by atoms with van der Waals surface area (Å²) in [6.07, 6.45) is 3.51. The fourth-order valence-corrected chi connectivity index (χ4v) is 3.19. The summed E-state index contributed by atoms with van der Waals surface area (Å²) in [5, 5.41) is 3.69. The lowest BCUT2D eigenvalue weighted by Gasteiger charge is -2.38. The molecule has 2 nitrogen and oxygen atoms in total. The lowest BCUT2D eigenvalue weighted by Crippen LogP contribution is -2.41. The molecule has 1 heterocycles. The number of benzene rings is 1. The molecule has 1 aromatic carbocycles. The van der Waals surface area contributed by atoms with E-state index in [1.54, 1.807) is 0 Å². The van der Waals surface area contributed by atoms with E-state index in [-0.39, 0.29) is 0 Å². The van der Waals surface area contributed by atoms with Crippen LogP contribution in [0.5, 0.6) is 0 Å². The highest BCUT2D eigenvalue weighted by molar-refractivity contribution is 5.30. The SMILES string of the molecule is Cc1ccc(CC2(CNCC(C)C)CCOCC2)cc1C. The van der Waals surface area contributed by atoms with Gasteiger partial charge in [0.25, 0.3) is 0 Å². The van der Waals surface area contributed by atoms with Crippen LogP contribution in [0.2, 0.25) is 0 Å². The molecular formula is C19H31NO. The van der Waals surface area contributed by atoms with Gasteiger partial charge in [0.05, 0.1) is 0 Å². The summed E-state index contributed by atoms with van der Waals surface area (Å²) in [4.78, 5) is 0. The molecule has 1 fully saturated rings. The van der Waals surface area contributed by atoms with Gasteiger partial charge in [0.2, 0.25) is 0 Å². The van der Waals surface area contributed by atoms with Crippen LogP contribution in [0.25, 0.3) is 0 Å². The topological polar surface area (TPSA) is 21.3 Å². The van der Waals surface area contributed by atoms with Crippen LogP contribution in [-0.2, 0) is 11.2 Å². The Labute approximate surface area is 130 Å². The first-order chi connectivity index (χ1) is 10.0. The van der Waals surface area contributed by atoms with Gasteiger partial charge in [-0.25, -0.2) is 0 Å². The summed E-state index contributed by atoms with van der Waals surface area (Å²) in [6.45, 7) is 13.0. The van der Waals surface area contributed by atoms with Crippen molar-refractivity contribution in [2.75, 3.05) is 26.3 Å². The number of ether oxygens (including phenoxy) is 1. The van der Waals surface area contributed by atoms with Gasteiger partial charge in [-0.3, -0.25) is 0 Å². The quantitative estimate of drug-likeness (QED) is 0.858. The van der Waals surface area contributed by atoms with E-state index in [1.807, 2.05) is 0 Å². The number of nitrogens with one attached hydrogen (secondary N) is 1. The lowest BCUT2D eigenvalue weighted by atomic mass is 9.75. The Morgan fingerprint density at radius 3 is 2.48 bits per heavy atom. The average molecular weight is 289 g/mol. The van der Waals surface area contributed by atoms with E-state index in [9.17, 15) is 0 Å². The van der Waals surface area contributed by atoms with Gasteiger partial charge in [0, 0.05) is 19.8 Å². The number of aryl methyl sites for hydroxylation is 2. The molecule has 0 bridgehead atoms. The summed E-state index contributed by atoms with van der Waals surface area (Å²) in [6, 6.07) is 6.94. The van der Waals surface area contributed by atoms with Crippen LogP contribution >= 0.6 is 0 Å². The molecule has 0 unspecified atom stereocenters. The molecule has 2 rings (SSSR count). The Balaban J connectivity index is 2.05. The monoisotopic (exact) mass is 289 g/mol. The maximum absolute atomic E-state index is 5.60. The van der Waals surface area contributed by atoms with Gasteiger partial charge in [0.1, 0.15) is 0 Å². The summed E-state index contributed by atoms with van der Waals surface area (Å²) >= 11 is 0. The van der Waals surface area contributed by atoms with Gasteiger partial charge >= 0.3 is 0 Å². The number of rotatable bonds is 6. The van der Waals surface area contributed by atoms with Gasteiger partial charge in [0.15, 0.2) is 0 Å². The van der Waals surface area contributed by atoms with Gasteiger partial charge in [-0.05, 0) is 67.7 Å². The molecule has 2 heteroatoms. The molecule has 0 radical (unpaired) electrons. The maximum Gasteiger partial charge on any atom is 0.0471 e. The zero-order chi connectivity index (χ0) is 15.3. The first-order valence-electron chi connectivity index (χ1n) is 8.35. The normalized spacial score (nSPS) is 18.1. The van der Waals surface area contributed by atoms with Crippen molar-refractivity contribution in [1.29, 1.82) is 0 Å². The van der Waals surface area contributed by atoms with Gasteiger partial charge in [-0.1, -0.05) is 32.0 Å². The van der Waals surface area contributed by atoms with Crippen LogP contribution in [0, 0.1) is 25.2 Å². The van der Waals surface area contributed by atoms with Crippen molar-refractivity contribution in [3.8, 4) is 0 Å². The molecule has 0 spiro atoms. The van der Waals surface area contributed by atoms with Crippen LogP contribution in [0.4, 0.5) is 0 Å². The molecule has 1 aliphatic heterocycles. The van der Waals surface area contributed by atoms with E-state index in [0.29, 0.717) is 11.3 Å². The molecular weight excluding hydrogens is 258 g/mol. The van der Waals surface area contributed by atoms with E-state index < -0.39 is 0 Å². The van der Waals surface area contributed by atoms with Gasteiger partial charge in [-0.2, -0.15) is 0 Å². The zero-order valence-electron chi connectivity index (χ0n) is 14.2. The second kappa shape index (κ2) is 7.42. The highest BCUT2D eigenvalue weighted by atomic mass is 16.5. The van der Waals surface area contributed by atoms with Crippen LogP contribution in [0.3, 0.4) is 0 Å². The first-order valence-corrected chi connectivity index (χ1v) is 8.35. The molecule has 0 atom stereocenters. The van der Waals surface area contributed by atoms with Crippen molar-refractivity contribution in [2.45, 2.75) is 47.0 Å². The van der Waals surface area contributed by atoms with Gasteiger partial charge < -0.3 is 10.1 Å². The maximum atomic E-state index is 5.60. The number of hydrogen-bond donors (Lipinski definition) is 1. The lowest BCUT2D eigenvalue weighted by molar-refractivity contribution is 0.0147. The molecule has 0 aromatic heterocycles. The minimum atomic E-state index is 0.370. The molecule has 1 N–H and O–H groups in total. The fourth-order valence-electron chi connectivity index (χ4n) is 3.19. The summed E-state index contributed by atoms with van der Waals surface area (Å²) in [5.74, 6) is 0.712. The first kappa shape index (κ1) is 16.5. The molecule has 0 aliphatic carbocycles. The number of hydrogen-bond acceptors (Lipinski definition) is 2. The molecule has 1 saturated heterocycles. The second-order valence-corrected chi connectivity index (χ2v) is 7.23. The smallest absolute Gasteiger partial charge is 0.0471 e. The molecule has 118 valence electrons. The summed E-state index contributed by atoms with van der Waals surface area (Å²) in [7, 11) is 0. The molecule has 1 aliphatic rings. The Hall–Kier alpha value is -0.860. The van der Waals surface area contributed by atoms with Crippen LogP contribution < -0.4 is 5.32 Å². The Bertz CT molecular complexity index is 447. The summed E-state index contributed by atoms with van der Waals surface area (Å²) in [5.41, 5.74) is 4.64. The molecule has 0 saturated carbocycles. The molecule has 1 aromatic rings. The van der Waals surface area contributed by atoms with E-state index in [0.717, 1.165) is 26.3 Å². The van der Waals surface area contributed by atoms with Crippen LogP contribution in [0.15, 0.2) is 18.2 Å². The predicted molar refractivity (Wildman–Crippen MR) is 89.8 cm³/mol. The van der Waals surface area contributed by atoms with Gasteiger partial charge in [-0.15, -0.1) is 0 Å². The van der Waals surface area contributed by atoms with Crippen molar-refractivity contribution in [3.63, 3.8) is 0 Å². The van der Waals surface area contributed by atoms with Crippen LogP contribution in [0.1, 0.15) is 43.4 Å². The minimum absolute atomic E-state index is 0.370. The van der Waals surface area contributed by atoms with Crippen molar-refractivity contribution < 1.29 is 4.74 Å². The Kier molecular flexibility index (Phi) is 5.83. The summed E-state index contributed by atoms with van der Waals surface area (Å²) < 4.78 is 5.60. The van der Waals surface area contributed by atoms with Crippen molar-refractivity contribution in [3.05, 3.63) is 34.9 Å². The fraction of sp³-hybridized carbons (Fsp3) is 0.684. The molecule has 0 amide bonds. The minimum Gasteiger partial charge on any atom is -0.381 e. The van der Waals surface area contributed by atoms with Crippen molar-refractivity contribution in [2.24, 2.45) is 11.3 Å². The largest absolute Gasteiger partial charge is 0.381 e. The Morgan fingerprint density at radius 1 is 1.14 bits per heavy atom. The van der Waals surface area contributed by atoms with E-state index in [4.69, 9.17) is 4.74 Å². The third-order valence-corrected chi connectivity index (χ3v) is 4.76. The molecule has 21 heavy (non-hydrogen) atoms. The second-order valence-electron chi connectivity index (χ2n) is 7.23. The van der Waals surface area contributed by atoms with Crippen LogP contribution in [-0.4, -0.2) is 26.3 Å². The third-order valence-electron chi connectivity index (χ3n) is 4.76. The van der Waals surface area contributed by atoms with Crippen molar-refractivity contribution >= 4 is 0 Å². The highest BCUT2D eigenvalue weighted by Crippen LogP contribution is 2.34. The van der Waals surface area contributed by atoms with E-state index in [2.05, 4.69) is 51.2 Å². The van der Waals surface area contributed by atoms with E-state index in [1.165, 1.54) is 36.0 Å². The highest BCUT2D eigenvalue weighted by Gasteiger charge is 2.32.